The zero-order chi connectivity index (χ0) is 12.0. The molecule has 88 valence electrons. The zero-order valence-corrected chi connectivity index (χ0v) is 10.6. The second-order valence-corrected chi connectivity index (χ2v) is 4.51. The number of halogens is 1. The molecule has 1 aromatic rings. The van der Waals surface area contributed by atoms with Crippen molar-refractivity contribution in [1.29, 1.82) is 0 Å². The van der Waals surface area contributed by atoms with E-state index in [4.69, 9.17) is 11.6 Å². The van der Waals surface area contributed by atoms with Crippen LogP contribution in [0.5, 0.6) is 0 Å². The van der Waals surface area contributed by atoms with Crippen molar-refractivity contribution in [3.63, 3.8) is 0 Å². The SMILES string of the molecule is CC(C)C(=O)Nc1cccc(CCCCl)c1. The normalized spacial score (nSPS) is 10.5. The number of hydrogen-bond donors (Lipinski definition) is 1. The van der Waals surface area contributed by atoms with Crippen LogP contribution in [0.4, 0.5) is 5.69 Å². The van der Waals surface area contributed by atoms with Crippen LogP contribution in [0.2, 0.25) is 0 Å². The van der Waals surface area contributed by atoms with E-state index in [2.05, 4.69) is 11.4 Å². The van der Waals surface area contributed by atoms with Gasteiger partial charge in [-0.1, -0.05) is 26.0 Å². The molecule has 3 heteroatoms. The summed E-state index contributed by atoms with van der Waals surface area (Å²) in [7, 11) is 0. The monoisotopic (exact) mass is 239 g/mol. The fourth-order valence-corrected chi connectivity index (χ4v) is 1.50. The number of alkyl halides is 1. The summed E-state index contributed by atoms with van der Waals surface area (Å²) in [4.78, 5) is 11.5. The van der Waals surface area contributed by atoms with Crippen molar-refractivity contribution in [1.82, 2.24) is 0 Å². The average Bonchev–Trinajstić information content (AvgIpc) is 2.26. The lowest BCUT2D eigenvalue weighted by Gasteiger charge is -2.09. The van der Waals surface area contributed by atoms with Crippen LogP contribution in [0.15, 0.2) is 24.3 Å². The van der Waals surface area contributed by atoms with E-state index in [0.29, 0.717) is 5.88 Å². The van der Waals surface area contributed by atoms with Gasteiger partial charge in [-0.25, -0.2) is 0 Å². The Morgan fingerprint density at radius 2 is 2.19 bits per heavy atom. The molecule has 0 saturated heterocycles. The van der Waals surface area contributed by atoms with Gasteiger partial charge in [-0.3, -0.25) is 4.79 Å². The second-order valence-electron chi connectivity index (χ2n) is 4.14. The molecule has 0 aliphatic carbocycles. The minimum Gasteiger partial charge on any atom is -0.326 e. The molecule has 1 N–H and O–H groups in total. The Labute approximate surface area is 102 Å². The van der Waals surface area contributed by atoms with Gasteiger partial charge in [0.2, 0.25) is 5.91 Å². The number of nitrogens with one attached hydrogen (secondary N) is 1. The maximum atomic E-state index is 11.5. The molecule has 1 aromatic carbocycles. The number of carbonyl (C=O) groups is 1. The molecule has 0 radical (unpaired) electrons. The first-order valence-electron chi connectivity index (χ1n) is 5.59. The third-order valence-electron chi connectivity index (χ3n) is 2.32. The molecule has 2 nitrogen and oxygen atoms in total. The molecular weight excluding hydrogens is 222 g/mol. The highest BCUT2D eigenvalue weighted by molar-refractivity contribution is 6.17. The van der Waals surface area contributed by atoms with Crippen molar-refractivity contribution in [2.45, 2.75) is 26.7 Å². The molecule has 0 saturated carbocycles. The maximum Gasteiger partial charge on any atom is 0.226 e. The van der Waals surface area contributed by atoms with Gasteiger partial charge in [-0.2, -0.15) is 0 Å². The Morgan fingerprint density at radius 3 is 2.81 bits per heavy atom. The fourth-order valence-electron chi connectivity index (χ4n) is 1.36. The number of anilines is 1. The Morgan fingerprint density at radius 1 is 1.44 bits per heavy atom. The van der Waals surface area contributed by atoms with Crippen LogP contribution in [0.25, 0.3) is 0 Å². The van der Waals surface area contributed by atoms with E-state index in [0.717, 1.165) is 18.5 Å². The molecule has 0 fully saturated rings. The van der Waals surface area contributed by atoms with Crippen molar-refractivity contribution >= 4 is 23.2 Å². The Bertz CT molecular complexity index is 350. The lowest BCUT2D eigenvalue weighted by atomic mass is 10.1. The predicted octanol–water partition coefficient (Wildman–Crippen LogP) is 3.45. The lowest BCUT2D eigenvalue weighted by Crippen LogP contribution is -2.17. The van der Waals surface area contributed by atoms with E-state index in [1.807, 2.05) is 32.0 Å². The van der Waals surface area contributed by atoms with E-state index in [-0.39, 0.29) is 11.8 Å². The standard InChI is InChI=1S/C13H18ClNO/c1-10(2)13(16)15-12-7-3-5-11(9-12)6-4-8-14/h3,5,7,9-10H,4,6,8H2,1-2H3,(H,15,16). The summed E-state index contributed by atoms with van der Waals surface area (Å²) >= 11 is 5.65. The summed E-state index contributed by atoms with van der Waals surface area (Å²) < 4.78 is 0. The topological polar surface area (TPSA) is 29.1 Å². The molecular formula is C13H18ClNO. The van der Waals surface area contributed by atoms with Gasteiger partial charge < -0.3 is 5.32 Å². The van der Waals surface area contributed by atoms with Gasteiger partial charge in [0.1, 0.15) is 0 Å². The third-order valence-corrected chi connectivity index (χ3v) is 2.59. The van der Waals surface area contributed by atoms with Gasteiger partial charge in [-0.05, 0) is 30.5 Å². The van der Waals surface area contributed by atoms with Gasteiger partial charge in [0.15, 0.2) is 0 Å². The van der Waals surface area contributed by atoms with Gasteiger partial charge in [0, 0.05) is 17.5 Å². The molecule has 1 amide bonds. The number of carbonyl (C=O) groups excluding carboxylic acids is 1. The molecule has 0 spiro atoms. The summed E-state index contributed by atoms with van der Waals surface area (Å²) in [5.74, 6) is 0.726. The van der Waals surface area contributed by atoms with Crippen molar-refractivity contribution in [2.75, 3.05) is 11.2 Å². The number of benzene rings is 1. The summed E-state index contributed by atoms with van der Waals surface area (Å²) in [5, 5.41) is 2.89. The van der Waals surface area contributed by atoms with E-state index >= 15 is 0 Å². The second kappa shape index (κ2) is 6.54. The van der Waals surface area contributed by atoms with E-state index in [9.17, 15) is 4.79 Å². The van der Waals surface area contributed by atoms with Crippen LogP contribution in [-0.4, -0.2) is 11.8 Å². The minimum atomic E-state index is 0.00602. The molecule has 0 aromatic heterocycles. The maximum absolute atomic E-state index is 11.5. The Hall–Kier alpha value is -1.02. The molecule has 0 heterocycles. The van der Waals surface area contributed by atoms with Crippen LogP contribution in [0, 0.1) is 5.92 Å². The molecule has 0 bridgehead atoms. The Kier molecular flexibility index (Phi) is 5.33. The summed E-state index contributed by atoms with van der Waals surface area (Å²) in [6.07, 6.45) is 1.91. The van der Waals surface area contributed by atoms with E-state index in [1.54, 1.807) is 0 Å². The first-order valence-corrected chi connectivity index (χ1v) is 6.12. The van der Waals surface area contributed by atoms with Gasteiger partial charge in [0.05, 0.1) is 0 Å². The van der Waals surface area contributed by atoms with Gasteiger partial charge in [-0.15, -0.1) is 11.6 Å². The van der Waals surface area contributed by atoms with Gasteiger partial charge >= 0.3 is 0 Å². The average molecular weight is 240 g/mol. The minimum absolute atomic E-state index is 0.00602. The van der Waals surface area contributed by atoms with E-state index in [1.165, 1.54) is 5.56 Å². The third kappa shape index (κ3) is 4.23. The smallest absolute Gasteiger partial charge is 0.226 e. The zero-order valence-electron chi connectivity index (χ0n) is 9.79. The van der Waals surface area contributed by atoms with Crippen LogP contribution >= 0.6 is 11.6 Å². The van der Waals surface area contributed by atoms with Crippen LogP contribution < -0.4 is 5.32 Å². The van der Waals surface area contributed by atoms with Crippen LogP contribution in [0.1, 0.15) is 25.8 Å². The summed E-state index contributed by atoms with van der Waals surface area (Å²) in [6, 6.07) is 7.92. The van der Waals surface area contributed by atoms with Crippen LogP contribution in [0.3, 0.4) is 0 Å². The number of rotatable bonds is 5. The van der Waals surface area contributed by atoms with Crippen molar-refractivity contribution in [2.24, 2.45) is 5.92 Å². The largest absolute Gasteiger partial charge is 0.326 e. The van der Waals surface area contributed by atoms with Gasteiger partial charge in [0.25, 0.3) is 0 Å². The lowest BCUT2D eigenvalue weighted by molar-refractivity contribution is -0.118. The van der Waals surface area contributed by atoms with Crippen LogP contribution in [-0.2, 0) is 11.2 Å². The fraction of sp³-hybridized carbons (Fsp3) is 0.462. The highest BCUT2D eigenvalue weighted by Gasteiger charge is 2.06. The quantitative estimate of drug-likeness (QED) is 0.784. The number of aryl methyl sites for hydroxylation is 1. The number of hydrogen-bond acceptors (Lipinski definition) is 1. The first-order chi connectivity index (χ1) is 7.63. The highest BCUT2D eigenvalue weighted by Crippen LogP contribution is 2.13. The Balaban J connectivity index is 2.63. The molecule has 0 aliphatic heterocycles. The predicted molar refractivity (Wildman–Crippen MR) is 69.0 cm³/mol. The molecule has 0 atom stereocenters. The first kappa shape index (κ1) is 13.0. The molecule has 0 unspecified atom stereocenters. The molecule has 16 heavy (non-hydrogen) atoms. The summed E-state index contributed by atoms with van der Waals surface area (Å²) in [5.41, 5.74) is 2.08. The highest BCUT2D eigenvalue weighted by atomic mass is 35.5. The van der Waals surface area contributed by atoms with Crippen molar-refractivity contribution < 1.29 is 4.79 Å². The van der Waals surface area contributed by atoms with E-state index < -0.39 is 0 Å². The summed E-state index contributed by atoms with van der Waals surface area (Å²) in [6.45, 7) is 3.76. The van der Waals surface area contributed by atoms with Crippen molar-refractivity contribution in [3.05, 3.63) is 29.8 Å². The molecule has 1 rings (SSSR count). The molecule has 0 aliphatic rings. The van der Waals surface area contributed by atoms with Crippen molar-refractivity contribution in [3.8, 4) is 0 Å². The number of amides is 1.